The number of nitrogens with one attached hydrogen (secondary N) is 2. The predicted octanol–water partition coefficient (Wildman–Crippen LogP) is 1.81. The summed E-state index contributed by atoms with van der Waals surface area (Å²) in [7, 11) is 0. The molecule has 0 aliphatic heterocycles. The summed E-state index contributed by atoms with van der Waals surface area (Å²) in [4.78, 5) is 44.0. The first-order valence-electron chi connectivity index (χ1n) is 17.0. The van der Waals surface area contributed by atoms with Crippen LogP contribution in [0, 0.1) is 29.1 Å². The van der Waals surface area contributed by atoms with E-state index in [9.17, 15) is 14.4 Å². The van der Waals surface area contributed by atoms with Gasteiger partial charge in [-0.25, -0.2) is 0 Å². The second-order valence-corrected chi connectivity index (χ2v) is 14.3. The molecule has 1 aromatic rings. The standard InChI is InChI=1S/C34H56N8O3/c35-11-5-4-10-29(30(37)43)42-31(44)26(21-34-18-23-13-24(19-34)15-25(14-23)20-34)17-27(9-6-12-40-33(38)39)41-32(45)28(36)16-22-7-2-1-3-8-22/h1-3,7-8,23-29H,4-6,9-21,35-36H2,(H2,37,43)(H,41,45)(H,42,44)(H4,38,39,40). The Hall–Kier alpha value is -3.18. The maximum atomic E-state index is 14.1. The molecule has 1 aromatic carbocycles. The number of hydrogen-bond acceptors (Lipinski definition) is 6. The number of hydrogen-bond donors (Lipinski definition) is 7. The molecule has 4 unspecified atom stereocenters. The molecule has 4 aliphatic carbocycles. The fourth-order valence-electron chi connectivity index (χ4n) is 8.82. The van der Waals surface area contributed by atoms with Crippen LogP contribution in [0.3, 0.4) is 0 Å². The fraction of sp³-hybridized carbons (Fsp3) is 0.706. The maximum Gasteiger partial charge on any atom is 0.239 e. The van der Waals surface area contributed by atoms with E-state index >= 15 is 0 Å². The molecule has 12 N–H and O–H groups in total. The zero-order valence-electron chi connectivity index (χ0n) is 26.8. The second-order valence-electron chi connectivity index (χ2n) is 14.3. The highest BCUT2D eigenvalue weighted by atomic mass is 16.2. The van der Waals surface area contributed by atoms with Gasteiger partial charge < -0.3 is 39.3 Å². The van der Waals surface area contributed by atoms with E-state index in [1.165, 1.54) is 19.3 Å². The van der Waals surface area contributed by atoms with Gasteiger partial charge in [-0.3, -0.25) is 19.4 Å². The molecule has 0 heterocycles. The van der Waals surface area contributed by atoms with Gasteiger partial charge in [0.1, 0.15) is 6.04 Å². The summed E-state index contributed by atoms with van der Waals surface area (Å²) >= 11 is 0. The molecule has 4 fully saturated rings. The van der Waals surface area contributed by atoms with Crippen molar-refractivity contribution in [3.63, 3.8) is 0 Å². The molecule has 250 valence electrons. The van der Waals surface area contributed by atoms with Crippen LogP contribution < -0.4 is 39.3 Å². The monoisotopic (exact) mass is 624 g/mol. The Bertz CT molecular complexity index is 1120. The van der Waals surface area contributed by atoms with Gasteiger partial charge in [-0.2, -0.15) is 0 Å². The van der Waals surface area contributed by atoms with Crippen molar-refractivity contribution < 1.29 is 14.4 Å². The SMILES string of the molecule is NCCCCC(NC(=O)C(CC(CCCN=C(N)N)NC(=O)C(N)Cc1ccccc1)CC12CC3CC(CC(C3)C1)C2)C(N)=O. The largest absolute Gasteiger partial charge is 0.370 e. The Balaban J connectivity index is 1.52. The summed E-state index contributed by atoms with van der Waals surface area (Å²) in [5, 5.41) is 6.18. The molecule has 0 radical (unpaired) electrons. The summed E-state index contributed by atoms with van der Waals surface area (Å²) in [5.74, 6) is 0.878. The summed E-state index contributed by atoms with van der Waals surface area (Å²) in [5.41, 5.74) is 30.0. The molecule has 11 nitrogen and oxygen atoms in total. The third-order valence-corrected chi connectivity index (χ3v) is 10.4. The minimum absolute atomic E-state index is 0.0201. The van der Waals surface area contributed by atoms with E-state index in [1.54, 1.807) is 0 Å². The van der Waals surface area contributed by atoms with E-state index in [2.05, 4.69) is 15.6 Å². The van der Waals surface area contributed by atoms with E-state index in [-0.39, 0.29) is 29.2 Å². The molecule has 0 saturated heterocycles. The van der Waals surface area contributed by atoms with Gasteiger partial charge in [-0.15, -0.1) is 0 Å². The van der Waals surface area contributed by atoms with Gasteiger partial charge in [-0.1, -0.05) is 30.3 Å². The van der Waals surface area contributed by atoms with E-state index in [0.717, 1.165) is 55.4 Å². The van der Waals surface area contributed by atoms with E-state index in [4.69, 9.17) is 28.7 Å². The minimum atomic E-state index is -0.753. The van der Waals surface area contributed by atoms with Crippen LogP contribution in [0.1, 0.15) is 89.0 Å². The second kappa shape index (κ2) is 16.4. The van der Waals surface area contributed by atoms with Crippen LogP contribution in [0.15, 0.2) is 35.3 Å². The first-order chi connectivity index (χ1) is 21.6. The molecule has 4 saturated carbocycles. The first-order valence-corrected chi connectivity index (χ1v) is 17.0. The van der Waals surface area contributed by atoms with Gasteiger partial charge >= 0.3 is 0 Å². The molecular formula is C34H56N8O3. The van der Waals surface area contributed by atoms with Crippen molar-refractivity contribution in [2.24, 2.45) is 62.7 Å². The van der Waals surface area contributed by atoms with Gasteiger partial charge in [0.2, 0.25) is 17.7 Å². The van der Waals surface area contributed by atoms with Gasteiger partial charge in [-0.05, 0) is 125 Å². The Labute approximate surface area is 268 Å². The molecular weight excluding hydrogens is 568 g/mol. The van der Waals surface area contributed by atoms with Crippen molar-refractivity contribution in [2.45, 2.75) is 108 Å². The van der Waals surface area contributed by atoms with Crippen LogP contribution in [0.5, 0.6) is 0 Å². The highest BCUT2D eigenvalue weighted by Gasteiger charge is 2.52. The van der Waals surface area contributed by atoms with Crippen molar-refractivity contribution in [1.29, 1.82) is 0 Å². The summed E-state index contributed by atoms with van der Waals surface area (Å²) < 4.78 is 0. The molecule has 0 aromatic heterocycles. The van der Waals surface area contributed by atoms with Gasteiger partial charge in [0.15, 0.2) is 5.96 Å². The maximum absolute atomic E-state index is 14.1. The lowest BCUT2D eigenvalue weighted by molar-refractivity contribution is -0.134. The Morgan fingerprint density at radius 3 is 2.09 bits per heavy atom. The summed E-state index contributed by atoms with van der Waals surface area (Å²) in [6, 6.07) is 7.88. The zero-order valence-corrected chi connectivity index (χ0v) is 26.8. The number of nitrogens with two attached hydrogens (primary N) is 5. The number of primary amides is 1. The Kier molecular flexibility index (Phi) is 12.6. The van der Waals surface area contributed by atoms with Crippen LogP contribution in [-0.4, -0.2) is 54.9 Å². The number of unbranched alkanes of at least 4 members (excludes halogenated alkanes) is 1. The fourth-order valence-corrected chi connectivity index (χ4v) is 8.82. The highest BCUT2D eigenvalue weighted by molar-refractivity contribution is 5.87. The van der Waals surface area contributed by atoms with E-state index in [1.807, 2.05) is 30.3 Å². The Morgan fingerprint density at radius 2 is 1.51 bits per heavy atom. The van der Waals surface area contributed by atoms with Crippen LogP contribution in [0.4, 0.5) is 0 Å². The summed E-state index contributed by atoms with van der Waals surface area (Å²) in [6.07, 6.45) is 12.1. The molecule has 0 spiro atoms. The molecule has 4 aliphatic rings. The predicted molar refractivity (Wildman–Crippen MR) is 177 cm³/mol. The van der Waals surface area contributed by atoms with Gasteiger partial charge in [0.25, 0.3) is 0 Å². The third-order valence-electron chi connectivity index (χ3n) is 10.4. The number of benzene rings is 1. The zero-order chi connectivity index (χ0) is 32.4. The topological polar surface area (TPSA) is 218 Å². The molecule has 4 atom stereocenters. The quantitative estimate of drug-likeness (QED) is 0.0687. The number of aliphatic imine (C=N–C) groups is 1. The van der Waals surface area contributed by atoms with E-state index < -0.39 is 23.9 Å². The summed E-state index contributed by atoms with van der Waals surface area (Å²) in [6.45, 7) is 0.934. The Morgan fingerprint density at radius 1 is 0.867 bits per heavy atom. The molecule has 4 bridgehead atoms. The molecule has 45 heavy (non-hydrogen) atoms. The smallest absolute Gasteiger partial charge is 0.239 e. The van der Waals surface area contributed by atoms with Crippen LogP contribution >= 0.6 is 0 Å². The third kappa shape index (κ3) is 10.4. The van der Waals surface area contributed by atoms with Crippen molar-refractivity contribution in [3.8, 4) is 0 Å². The van der Waals surface area contributed by atoms with Crippen molar-refractivity contribution in [2.75, 3.05) is 13.1 Å². The average Bonchev–Trinajstić information content (AvgIpc) is 2.97. The number of nitrogens with zero attached hydrogens (tertiary/aromatic N) is 1. The van der Waals surface area contributed by atoms with Crippen molar-refractivity contribution >= 4 is 23.7 Å². The number of amides is 3. The lowest BCUT2D eigenvalue weighted by Gasteiger charge is -2.57. The lowest BCUT2D eigenvalue weighted by atomic mass is 9.48. The number of guanidine groups is 1. The van der Waals surface area contributed by atoms with Crippen LogP contribution in [-0.2, 0) is 20.8 Å². The minimum Gasteiger partial charge on any atom is -0.370 e. The first kappa shape index (κ1) is 34.7. The highest BCUT2D eigenvalue weighted by Crippen LogP contribution is 2.62. The molecule has 11 heteroatoms. The van der Waals surface area contributed by atoms with Crippen molar-refractivity contribution in [1.82, 2.24) is 10.6 Å². The van der Waals surface area contributed by atoms with Gasteiger partial charge in [0, 0.05) is 18.5 Å². The van der Waals surface area contributed by atoms with Crippen molar-refractivity contribution in [3.05, 3.63) is 35.9 Å². The van der Waals surface area contributed by atoms with E-state index in [0.29, 0.717) is 51.6 Å². The molecule has 5 rings (SSSR count). The van der Waals surface area contributed by atoms with Crippen LogP contribution in [0.2, 0.25) is 0 Å². The number of rotatable bonds is 19. The molecule has 3 amide bonds. The number of carbonyl (C=O) groups excluding carboxylic acids is 3. The lowest BCUT2D eigenvalue weighted by Crippen LogP contribution is -2.52. The number of carbonyl (C=O) groups is 3. The van der Waals surface area contributed by atoms with Gasteiger partial charge in [0.05, 0.1) is 6.04 Å². The van der Waals surface area contributed by atoms with Crippen LogP contribution in [0.25, 0.3) is 0 Å². The average molecular weight is 625 g/mol. The normalized spacial score (nSPS) is 26.0.